The zero-order chi connectivity index (χ0) is 19.1. The maximum Gasteiger partial charge on any atom is 0.225 e. The molecule has 6 nitrogen and oxygen atoms in total. The molecule has 0 atom stereocenters. The third-order valence-electron chi connectivity index (χ3n) is 5.27. The highest BCUT2D eigenvalue weighted by Crippen LogP contribution is 2.32. The van der Waals surface area contributed by atoms with E-state index in [1.54, 1.807) is 14.2 Å². The summed E-state index contributed by atoms with van der Waals surface area (Å²) in [7, 11) is 3.22. The number of para-hydroxylation sites is 1. The maximum absolute atomic E-state index is 12.3. The molecule has 2 N–H and O–H groups in total. The molecular formula is C21H29N3O3. The number of carbonyl (C=O) groups excluding carboxylic acids is 1. The number of hydrogen-bond donors (Lipinski definition) is 2. The summed E-state index contributed by atoms with van der Waals surface area (Å²) in [5, 5.41) is 10.3. The number of anilines is 1. The second kappa shape index (κ2) is 9.44. The van der Waals surface area contributed by atoms with Gasteiger partial charge in [0.15, 0.2) is 17.3 Å². The van der Waals surface area contributed by atoms with E-state index in [1.807, 2.05) is 24.3 Å². The molecule has 0 bridgehead atoms. The summed E-state index contributed by atoms with van der Waals surface area (Å²) in [6, 6.07) is 7.69. The van der Waals surface area contributed by atoms with Crippen molar-refractivity contribution < 1.29 is 14.3 Å². The average Bonchev–Trinajstić information content (AvgIpc) is 2.98. The van der Waals surface area contributed by atoms with Crippen LogP contribution in [0.25, 0.3) is 0 Å². The molecule has 1 aromatic carbocycles. The summed E-state index contributed by atoms with van der Waals surface area (Å²) < 4.78 is 10.7. The quantitative estimate of drug-likeness (QED) is 0.706. The van der Waals surface area contributed by atoms with Crippen LogP contribution in [0.5, 0.6) is 11.5 Å². The minimum Gasteiger partial charge on any atom is -0.493 e. The molecule has 0 aliphatic heterocycles. The number of benzene rings is 1. The first-order chi connectivity index (χ1) is 13.2. The summed E-state index contributed by atoms with van der Waals surface area (Å²) >= 11 is 0. The lowest BCUT2D eigenvalue weighted by molar-refractivity contribution is -0.116. The number of nitrogens with zero attached hydrogens (tertiary/aromatic N) is 1. The molecule has 0 saturated heterocycles. The number of hydrogen-bond acceptors (Lipinski definition) is 4. The molecule has 1 fully saturated rings. The highest BCUT2D eigenvalue weighted by Gasteiger charge is 2.17. The van der Waals surface area contributed by atoms with Crippen molar-refractivity contribution in [2.75, 3.05) is 19.5 Å². The van der Waals surface area contributed by atoms with E-state index in [9.17, 15) is 4.79 Å². The number of ether oxygens (including phenoxy) is 2. The van der Waals surface area contributed by atoms with E-state index in [4.69, 9.17) is 9.47 Å². The first-order valence-corrected chi connectivity index (χ1v) is 9.76. The van der Waals surface area contributed by atoms with Crippen molar-refractivity contribution in [1.29, 1.82) is 0 Å². The van der Waals surface area contributed by atoms with Gasteiger partial charge in [-0.05, 0) is 30.9 Å². The summed E-state index contributed by atoms with van der Waals surface area (Å²) in [5.74, 6) is 2.45. The Morgan fingerprint density at radius 3 is 2.67 bits per heavy atom. The number of carbonyl (C=O) groups is 1. The molecule has 1 amide bonds. The van der Waals surface area contributed by atoms with Crippen LogP contribution in [0.4, 0.5) is 5.82 Å². The fourth-order valence-electron chi connectivity index (χ4n) is 3.80. The van der Waals surface area contributed by atoms with Crippen LogP contribution in [-0.4, -0.2) is 30.3 Å². The molecule has 1 saturated carbocycles. The Kier molecular flexibility index (Phi) is 6.74. The Balaban J connectivity index is 1.56. The molecule has 146 valence electrons. The van der Waals surface area contributed by atoms with Crippen molar-refractivity contribution in [3.63, 3.8) is 0 Å². The van der Waals surface area contributed by atoms with Crippen LogP contribution in [0.1, 0.15) is 62.1 Å². The van der Waals surface area contributed by atoms with Gasteiger partial charge < -0.3 is 14.8 Å². The smallest absolute Gasteiger partial charge is 0.225 e. The lowest BCUT2D eigenvalue weighted by atomic mass is 9.97. The van der Waals surface area contributed by atoms with Crippen LogP contribution >= 0.6 is 0 Å². The van der Waals surface area contributed by atoms with E-state index in [1.165, 1.54) is 38.5 Å². The standard InChI is InChI=1S/C21H29N3O3/c1-26-18-11-7-10-16(21(18)27-2)12-13-20(25)22-19-14-17(23-24-19)15-8-5-3-4-6-9-15/h7,10-11,14-15H,3-6,8-9,12-13H2,1-2H3,(H2,22,23,24,25). The molecular weight excluding hydrogens is 342 g/mol. The first kappa shape index (κ1) is 19.3. The third kappa shape index (κ3) is 5.02. The number of rotatable bonds is 7. The lowest BCUT2D eigenvalue weighted by Crippen LogP contribution is -2.13. The van der Waals surface area contributed by atoms with E-state index < -0.39 is 0 Å². The Morgan fingerprint density at radius 1 is 1.19 bits per heavy atom. The van der Waals surface area contributed by atoms with Crippen molar-refractivity contribution in [3.05, 3.63) is 35.5 Å². The third-order valence-corrected chi connectivity index (χ3v) is 5.27. The number of aromatic amines is 1. The van der Waals surface area contributed by atoms with Gasteiger partial charge in [-0.2, -0.15) is 5.10 Å². The minimum absolute atomic E-state index is 0.0567. The van der Waals surface area contributed by atoms with Crippen LogP contribution < -0.4 is 14.8 Å². The average molecular weight is 371 g/mol. The monoisotopic (exact) mass is 371 g/mol. The van der Waals surface area contributed by atoms with E-state index >= 15 is 0 Å². The second-order valence-electron chi connectivity index (χ2n) is 7.10. The van der Waals surface area contributed by atoms with E-state index in [0.29, 0.717) is 36.1 Å². The zero-order valence-electron chi connectivity index (χ0n) is 16.2. The Labute approximate surface area is 160 Å². The summed E-state index contributed by atoms with van der Waals surface area (Å²) in [5.41, 5.74) is 2.09. The molecule has 2 aromatic rings. The zero-order valence-corrected chi connectivity index (χ0v) is 16.2. The highest BCUT2D eigenvalue weighted by atomic mass is 16.5. The number of methoxy groups -OCH3 is 2. The van der Waals surface area contributed by atoms with Crippen LogP contribution in [0.3, 0.4) is 0 Å². The van der Waals surface area contributed by atoms with Gasteiger partial charge in [0.2, 0.25) is 5.91 Å². The minimum atomic E-state index is -0.0567. The van der Waals surface area contributed by atoms with Gasteiger partial charge in [0.25, 0.3) is 0 Å². The fourth-order valence-corrected chi connectivity index (χ4v) is 3.80. The second-order valence-corrected chi connectivity index (χ2v) is 7.10. The van der Waals surface area contributed by atoms with Crippen molar-refractivity contribution >= 4 is 11.7 Å². The number of aryl methyl sites for hydroxylation is 1. The molecule has 1 aliphatic carbocycles. The number of amides is 1. The Morgan fingerprint density at radius 2 is 1.96 bits per heavy atom. The van der Waals surface area contributed by atoms with Gasteiger partial charge in [-0.1, -0.05) is 37.8 Å². The van der Waals surface area contributed by atoms with Gasteiger partial charge >= 0.3 is 0 Å². The molecule has 0 radical (unpaired) electrons. The molecule has 27 heavy (non-hydrogen) atoms. The summed E-state index contributed by atoms with van der Waals surface area (Å²) in [4.78, 5) is 12.3. The van der Waals surface area contributed by atoms with Gasteiger partial charge in [-0.25, -0.2) is 0 Å². The fraction of sp³-hybridized carbons (Fsp3) is 0.524. The topological polar surface area (TPSA) is 76.2 Å². The lowest BCUT2D eigenvalue weighted by Gasteiger charge is -2.12. The summed E-state index contributed by atoms with van der Waals surface area (Å²) in [6.07, 6.45) is 8.52. The number of H-pyrrole nitrogens is 1. The SMILES string of the molecule is COc1cccc(CCC(=O)Nc2cc(C3CCCCCC3)[nH]n2)c1OC. The largest absolute Gasteiger partial charge is 0.493 e. The van der Waals surface area contributed by atoms with Crippen LogP contribution in [0.2, 0.25) is 0 Å². The van der Waals surface area contributed by atoms with Crippen LogP contribution in [0, 0.1) is 0 Å². The molecule has 1 aliphatic rings. The molecule has 0 spiro atoms. The van der Waals surface area contributed by atoms with Gasteiger partial charge in [0.1, 0.15) is 0 Å². The van der Waals surface area contributed by atoms with Crippen molar-refractivity contribution in [2.45, 2.75) is 57.3 Å². The first-order valence-electron chi connectivity index (χ1n) is 9.76. The van der Waals surface area contributed by atoms with Gasteiger partial charge in [-0.15, -0.1) is 0 Å². The Hall–Kier alpha value is -2.50. The van der Waals surface area contributed by atoms with Gasteiger partial charge in [-0.3, -0.25) is 9.89 Å². The van der Waals surface area contributed by atoms with E-state index in [0.717, 1.165) is 11.3 Å². The Bertz CT molecular complexity index is 749. The molecule has 0 unspecified atom stereocenters. The van der Waals surface area contributed by atoms with E-state index in [2.05, 4.69) is 15.5 Å². The van der Waals surface area contributed by atoms with E-state index in [-0.39, 0.29) is 5.91 Å². The summed E-state index contributed by atoms with van der Waals surface area (Å²) in [6.45, 7) is 0. The molecule has 3 rings (SSSR count). The molecule has 6 heteroatoms. The highest BCUT2D eigenvalue weighted by molar-refractivity contribution is 5.90. The maximum atomic E-state index is 12.3. The number of nitrogens with one attached hydrogen (secondary N) is 2. The predicted molar refractivity (Wildman–Crippen MR) is 106 cm³/mol. The van der Waals surface area contributed by atoms with Crippen molar-refractivity contribution in [2.24, 2.45) is 0 Å². The van der Waals surface area contributed by atoms with Gasteiger partial charge in [0, 0.05) is 24.1 Å². The normalized spacial score (nSPS) is 15.2. The molecule has 1 heterocycles. The predicted octanol–water partition coefficient (Wildman–Crippen LogP) is 4.44. The number of aromatic nitrogens is 2. The van der Waals surface area contributed by atoms with Crippen molar-refractivity contribution in [1.82, 2.24) is 10.2 Å². The van der Waals surface area contributed by atoms with Gasteiger partial charge in [0.05, 0.1) is 14.2 Å². The van der Waals surface area contributed by atoms with Crippen LogP contribution in [-0.2, 0) is 11.2 Å². The van der Waals surface area contributed by atoms with Crippen molar-refractivity contribution in [3.8, 4) is 11.5 Å². The molecule has 1 aromatic heterocycles. The van der Waals surface area contributed by atoms with Crippen LogP contribution in [0.15, 0.2) is 24.3 Å².